The molecule has 5 aromatic rings. The molecule has 3 heterocycles. The van der Waals surface area contributed by atoms with E-state index in [1.54, 1.807) is 4.57 Å². The molecule has 1 N–H and O–H groups in total. The van der Waals surface area contributed by atoms with E-state index in [0.29, 0.717) is 28.0 Å². The molecule has 0 saturated carbocycles. The van der Waals surface area contributed by atoms with Crippen molar-refractivity contribution in [1.29, 1.82) is 0 Å². The van der Waals surface area contributed by atoms with Crippen molar-refractivity contribution in [2.75, 3.05) is 5.32 Å². The number of nitrogens with one attached hydrogen (secondary N) is 1. The van der Waals surface area contributed by atoms with Crippen molar-refractivity contribution in [1.82, 2.24) is 24.1 Å². The zero-order chi connectivity index (χ0) is 23.7. The summed E-state index contributed by atoms with van der Waals surface area (Å²) in [5.74, 6) is 0.336. The third kappa shape index (κ3) is 4.19. The SMILES string of the molecule is CCCCCn1c(=O)c2ccccc2n2c(SC(C)C(=O)Nc3nc4ccccc4s3)nnc12. The van der Waals surface area contributed by atoms with Crippen LogP contribution in [-0.4, -0.2) is 35.3 Å². The molecule has 0 bridgehead atoms. The summed E-state index contributed by atoms with van der Waals surface area (Å²) in [6.07, 6.45) is 2.98. The van der Waals surface area contributed by atoms with E-state index in [1.165, 1.54) is 23.1 Å². The number of fused-ring (bicyclic) bond motifs is 4. The van der Waals surface area contributed by atoms with Crippen molar-refractivity contribution < 1.29 is 4.79 Å². The fourth-order valence-corrected chi connectivity index (χ4v) is 5.60. The van der Waals surface area contributed by atoms with Crippen LogP contribution in [0.3, 0.4) is 0 Å². The van der Waals surface area contributed by atoms with Gasteiger partial charge < -0.3 is 5.32 Å². The summed E-state index contributed by atoms with van der Waals surface area (Å²) in [6.45, 7) is 4.54. The maximum absolute atomic E-state index is 13.2. The number of aromatic nitrogens is 5. The van der Waals surface area contributed by atoms with Crippen LogP contribution in [0.4, 0.5) is 5.13 Å². The van der Waals surface area contributed by atoms with Gasteiger partial charge in [0, 0.05) is 6.54 Å². The molecule has 3 aromatic heterocycles. The van der Waals surface area contributed by atoms with Crippen LogP contribution in [-0.2, 0) is 11.3 Å². The molecule has 2 aromatic carbocycles. The zero-order valence-corrected chi connectivity index (χ0v) is 20.5. The van der Waals surface area contributed by atoms with Crippen LogP contribution in [0, 0.1) is 0 Å². The third-order valence-corrected chi connectivity index (χ3v) is 7.63. The second-order valence-electron chi connectivity index (χ2n) is 8.04. The molecule has 1 unspecified atom stereocenters. The summed E-state index contributed by atoms with van der Waals surface area (Å²) in [7, 11) is 0. The number of anilines is 1. The molecular formula is C24H24N6O2S2. The number of rotatable bonds is 8. The molecule has 174 valence electrons. The van der Waals surface area contributed by atoms with Crippen LogP contribution < -0.4 is 10.9 Å². The second-order valence-corrected chi connectivity index (χ2v) is 10.4. The average molecular weight is 493 g/mol. The van der Waals surface area contributed by atoms with Gasteiger partial charge in [0.05, 0.1) is 26.4 Å². The Balaban J connectivity index is 1.46. The fraction of sp³-hybridized carbons (Fsp3) is 0.292. The molecule has 0 spiro atoms. The number of thiazole rings is 1. The van der Waals surface area contributed by atoms with Gasteiger partial charge in [0.15, 0.2) is 10.3 Å². The average Bonchev–Trinajstić information content (AvgIpc) is 3.45. The number of aryl methyl sites for hydroxylation is 1. The van der Waals surface area contributed by atoms with Gasteiger partial charge in [0.1, 0.15) is 0 Å². The van der Waals surface area contributed by atoms with E-state index in [4.69, 9.17) is 0 Å². The standard InChI is InChI=1S/C24H24N6O2S2/c1-3-4-9-14-29-21(32)16-10-5-7-12-18(16)30-23(29)27-28-24(30)33-15(2)20(31)26-22-25-17-11-6-8-13-19(17)34-22/h5-8,10-13,15H,3-4,9,14H2,1-2H3,(H,25,26,31). The van der Waals surface area contributed by atoms with Crippen molar-refractivity contribution in [3.63, 3.8) is 0 Å². The first kappa shape index (κ1) is 22.5. The molecule has 0 aliphatic rings. The van der Waals surface area contributed by atoms with E-state index in [-0.39, 0.29) is 11.5 Å². The first-order valence-corrected chi connectivity index (χ1v) is 13.0. The number of hydrogen-bond acceptors (Lipinski definition) is 7. The van der Waals surface area contributed by atoms with Crippen LogP contribution in [0.2, 0.25) is 0 Å². The predicted octanol–water partition coefficient (Wildman–Crippen LogP) is 4.96. The van der Waals surface area contributed by atoms with E-state index in [0.717, 1.165) is 35.0 Å². The first-order valence-electron chi connectivity index (χ1n) is 11.3. The van der Waals surface area contributed by atoms with Crippen molar-refractivity contribution in [2.45, 2.75) is 50.1 Å². The van der Waals surface area contributed by atoms with E-state index >= 15 is 0 Å². The molecule has 10 heteroatoms. The van der Waals surface area contributed by atoms with Gasteiger partial charge >= 0.3 is 0 Å². The molecule has 0 fully saturated rings. The number of benzene rings is 2. The Kier molecular flexibility index (Phi) is 6.34. The number of para-hydroxylation sites is 2. The van der Waals surface area contributed by atoms with Crippen LogP contribution >= 0.6 is 23.1 Å². The van der Waals surface area contributed by atoms with E-state index < -0.39 is 5.25 Å². The Morgan fingerprint density at radius 1 is 1.12 bits per heavy atom. The summed E-state index contributed by atoms with van der Waals surface area (Å²) in [4.78, 5) is 30.6. The lowest BCUT2D eigenvalue weighted by molar-refractivity contribution is -0.115. The number of hydrogen-bond donors (Lipinski definition) is 1. The van der Waals surface area contributed by atoms with Crippen LogP contribution in [0.1, 0.15) is 33.1 Å². The number of carbonyl (C=O) groups is 1. The van der Waals surface area contributed by atoms with Crippen molar-refractivity contribution in [2.24, 2.45) is 0 Å². The van der Waals surface area contributed by atoms with Crippen molar-refractivity contribution >= 4 is 61.0 Å². The summed E-state index contributed by atoms with van der Waals surface area (Å²) in [6, 6.07) is 15.2. The van der Waals surface area contributed by atoms with Crippen molar-refractivity contribution in [3.8, 4) is 0 Å². The number of amides is 1. The normalized spacial score (nSPS) is 12.5. The molecule has 8 nitrogen and oxygen atoms in total. The second kappa shape index (κ2) is 9.55. The van der Waals surface area contributed by atoms with Gasteiger partial charge in [-0.3, -0.25) is 18.6 Å². The Morgan fingerprint density at radius 2 is 1.91 bits per heavy atom. The largest absolute Gasteiger partial charge is 0.301 e. The minimum atomic E-state index is -0.446. The lowest BCUT2D eigenvalue weighted by atomic mass is 10.2. The Morgan fingerprint density at radius 3 is 2.74 bits per heavy atom. The molecule has 0 saturated heterocycles. The third-order valence-electron chi connectivity index (χ3n) is 5.64. The molecule has 0 aliphatic heterocycles. The molecule has 34 heavy (non-hydrogen) atoms. The van der Waals surface area contributed by atoms with Crippen LogP contribution in [0.5, 0.6) is 0 Å². The minimum Gasteiger partial charge on any atom is -0.301 e. The molecule has 5 rings (SSSR count). The van der Waals surface area contributed by atoms with Gasteiger partial charge in [-0.15, -0.1) is 10.2 Å². The highest BCUT2D eigenvalue weighted by molar-refractivity contribution is 8.00. The topological polar surface area (TPSA) is 94.2 Å². The van der Waals surface area contributed by atoms with Gasteiger partial charge in [-0.1, -0.05) is 67.1 Å². The Hall–Kier alpha value is -3.24. The molecular weight excluding hydrogens is 468 g/mol. The van der Waals surface area contributed by atoms with Crippen LogP contribution in [0.25, 0.3) is 26.9 Å². The molecule has 0 radical (unpaired) electrons. The Labute approximate surface area is 204 Å². The molecule has 1 atom stereocenters. The fourth-order valence-electron chi connectivity index (χ4n) is 3.88. The lowest BCUT2D eigenvalue weighted by Crippen LogP contribution is -2.24. The van der Waals surface area contributed by atoms with Gasteiger partial charge in [-0.2, -0.15) is 0 Å². The van der Waals surface area contributed by atoms with Gasteiger partial charge in [0.2, 0.25) is 11.7 Å². The maximum atomic E-state index is 13.2. The summed E-state index contributed by atoms with van der Waals surface area (Å²) >= 11 is 2.76. The van der Waals surface area contributed by atoms with E-state index in [1.807, 2.05) is 59.9 Å². The van der Waals surface area contributed by atoms with E-state index in [2.05, 4.69) is 27.4 Å². The molecule has 0 aliphatic carbocycles. The minimum absolute atomic E-state index is 0.0650. The number of carbonyl (C=O) groups excluding carboxylic acids is 1. The zero-order valence-electron chi connectivity index (χ0n) is 18.9. The smallest absolute Gasteiger partial charge is 0.262 e. The number of nitrogens with zero attached hydrogens (tertiary/aromatic N) is 5. The number of unbranched alkanes of at least 4 members (excludes halogenated alkanes) is 2. The monoisotopic (exact) mass is 492 g/mol. The quantitative estimate of drug-likeness (QED) is 0.243. The van der Waals surface area contributed by atoms with Crippen molar-refractivity contribution in [3.05, 3.63) is 58.9 Å². The lowest BCUT2D eigenvalue weighted by Gasteiger charge is -2.12. The summed E-state index contributed by atoms with van der Waals surface area (Å²) in [5.41, 5.74) is 1.53. The van der Waals surface area contributed by atoms with E-state index in [9.17, 15) is 9.59 Å². The summed E-state index contributed by atoms with van der Waals surface area (Å²) in [5, 5.41) is 12.9. The number of thioether (sulfide) groups is 1. The van der Waals surface area contributed by atoms with Crippen LogP contribution in [0.15, 0.2) is 58.5 Å². The van der Waals surface area contributed by atoms with Gasteiger partial charge in [-0.25, -0.2) is 4.98 Å². The first-order chi connectivity index (χ1) is 16.6. The highest BCUT2D eigenvalue weighted by atomic mass is 32.2. The molecule has 1 amide bonds. The summed E-state index contributed by atoms with van der Waals surface area (Å²) < 4.78 is 4.60. The predicted molar refractivity (Wildman–Crippen MR) is 138 cm³/mol. The van der Waals surface area contributed by atoms with Gasteiger partial charge in [-0.05, 0) is 37.6 Å². The highest BCUT2D eigenvalue weighted by Crippen LogP contribution is 2.28. The Bertz CT molecular complexity index is 1520. The van der Waals surface area contributed by atoms with Gasteiger partial charge in [0.25, 0.3) is 5.56 Å². The maximum Gasteiger partial charge on any atom is 0.262 e. The highest BCUT2D eigenvalue weighted by Gasteiger charge is 2.22.